The Bertz CT molecular complexity index is 458. The van der Waals surface area contributed by atoms with Gasteiger partial charge in [0, 0.05) is 6.54 Å². The van der Waals surface area contributed by atoms with Crippen LogP contribution in [0.2, 0.25) is 0 Å². The first-order valence-corrected chi connectivity index (χ1v) is 6.93. The lowest BCUT2D eigenvalue weighted by atomic mass is 9.98. The molecule has 0 amide bonds. The second-order valence-electron chi connectivity index (χ2n) is 4.55. The van der Waals surface area contributed by atoms with Gasteiger partial charge in [0.05, 0.1) is 0 Å². The standard InChI is InChI=1S/C18H21N/c1-2-14-19-15-13-18(16-9-5-3-6-10-16)17-11-7-4-8-12-17/h3-13,19H,2,14-15H2,1H3. The molecule has 2 rings (SSSR count). The summed E-state index contributed by atoms with van der Waals surface area (Å²) >= 11 is 0. The van der Waals surface area contributed by atoms with Gasteiger partial charge in [-0.05, 0) is 29.7 Å². The third kappa shape index (κ3) is 4.08. The Morgan fingerprint density at radius 1 is 0.895 bits per heavy atom. The van der Waals surface area contributed by atoms with E-state index in [2.05, 4.69) is 79.0 Å². The van der Waals surface area contributed by atoms with E-state index in [0.717, 1.165) is 13.1 Å². The zero-order valence-electron chi connectivity index (χ0n) is 11.5. The third-order valence-electron chi connectivity index (χ3n) is 3.05. The highest BCUT2D eigenvalue weighted by Gasteiger charge is 2.03. The highest BCUT2D eigenvalue weighted by molar-refractivity contribution is 5.79. The molecule has 19 heavy (non-hydrogen) atoms. The number of rotatable bonds is 6. The molecular weight excluding hydrogens is 230 g/mol. The van der Waals surface area contributed by atoms with Crippen LogP contribution in [-0.2, 0) is 0 Å². The largest absolute Gasteiger partial charge is 0.313 e. The fourth-order valence-electron chi connectivity index (χ4n) is 2.09. The minimum absolute atomic E-state index is 0.910. The van der Waals surface area contributed by atoms with Crippen LogP contribution in [0.3, 0.4) is 0 Å². The monoisotopic (exact) mass is 251 g/mol. The molecular formula is C18H21N. The van der Waals surface area contributed by atoms with Crippen molar-refractivity contribution in [3.05, 3.63) is 77.9 Å². The van der Waals surface area contributed by atoms with Crippen molar-refractivity contribution in [1.82, 2.24) is 5.32 Å². The first kappa shape index (κ1) is 13.6. The van der Waals surface area contributed by atoms with Crippen LogP contribution in [0.5, 0.6) is 0 Å². The highest BCUT2D eigenvalue weighted by atomic mass is 14.8. The summed E-state index contributed by atoms with van der Waals surface area (Å²) in [4.78, 5) is 0. The lowest BCUT2D eigenvalue weighted by Crippen LogP contribution is -2.14. The van der Waals surface area contributed by atoms with Crippen LogP contribution in [0, 0.1) is 0 Å². The lowest BCUT2D eigenvalue weighted by molar-refractivity contribution is 0.729. The fourth-order valence-corrected chi connectivity index (χ4v) is 2.09. The van der Waals surface area contributed by atoms with Gasteiger partial charge in [-0.3, -0.25) is 0 Å². The van der Waals surface area contributed by atoms with Crippen molar-refractivity contribution in [3.63, 3.8) is 0 Å². The Labute approximate surface area is 116 Å². The Balaban J connectivity index is 2.24. The molecule has 0 aliphatic carbocycles. The molecule has 0 aromatic heterocycles. The van der Waals surface area contributed by atoms with Crippen LogP contribution in [0.1, 0.15) is 24.5 Å². The maximum Gasteiger partial charge on any atom is 0.0144 e. The number of hydrogen-bond donors (Lipinski definition) is 1. The molecule has 0 saturated carbocycles. The van der Waals surface area contributed by atoms with Crippen LogP contribution in [0.15, 0.2) is 66.7 Å². The van der Waals surface area contributed by atoms with E-state index in [4.69, 9.17) is 0 Å². The van der Waals surface area contributed by atoms with Crippen molar-refractivity contribution in [2.24, 2.45) is 0 Å². The molecule has 0 heterocycles. The van der Waals surface area contributed by atoms with E-state index in [1.807, 2.05) is 0 Å². The molecule has 0 bridgehead atoms. The van der Waals surface area contributed by atoms with Gasteiger partial charge in [-0.25, -0.2) is 0 Å². The number of nitrogens with one attached hydrogen (secondary N) is 1. The summed E-state index contributed by atoms with van der Waals surface area (Å²) in [5.41, 5.74) is 3.84. The second kappa shape index (κ2) is 7.55. The van der Waals surface area contributed by atoms with E-state index in [0.29, 0.717) is 0 Å². The molecule has 98 valence electrons. The summed E-state index contributed by atoms with van der Waals surface area (Å²) in [5, 5.41) is 3.43. The van der Waals surface area contributed by atoms with Gasteiger partial charge < -0.3 is 5.32 Å². The highest BCUT2D eigenvalue weighted by Crippen LogP contribution is 2.22. The van der Waals surface area contributed by atoms with Crippen LogP contribution in [0.4, 0.5) is 0 Å². The van der Waals surface area contributed by atoms with Gasteiger partial charge in [0.2, 0.25) is 0 Å². The Hall–Kier alpha value is -1.86. The average Bonchev–Trinajstić information content (AvgIpc) is 2.49. The van der Waals surface area contributed by atoms with Crippen molar-refractivity contribution in [1.29, 1.82) is 0 Å². The van der Waals surface area contributed by atoms with Crippen molar-refractivity contribution in [3.8, 4) is 0 Å². The summed E-state index contributed by atoms with van der Waals surface area (Å²) in [6.07, 6.45) is 3.44. The molecule has 0 aliphatic rings. The molecule has 0 unspecified atom stereocenters. The fraction of sp³-hybridized carbons (Fsp3) is 0.222. The minimum atomic E-state index is 0.910. The normalized spacial score (nSPS) is 10.2. The molecule has 2 aromatic carbocycles. The van der Waals surface area contributed by atoms with E-state index in [9.17, 15) is 0 Å². The summed E-state index contributed by atoms with van der Waals surface area (Å²) in [6.45, 7) is 4.16. The molecule has 1 nitrogen and oxygen atoms in total. The van der Waals surface area contributed by atoms with Gasteiger partial charge in [0.15, 0.2) is 0 Å². The third-order valence-corrected chi connectivity index (χ3v) is 3.05. The van der Waals surface area contributed by atoms with Crippen LogP contribution in [-0.4, -0.2) is 13.1 Å². The van der Waals surface area contributed by atoms with E-state index in [-0.39, 0.29) is 0 Å². The van der Waals surface area contributed by atoms with Gasteiger partial charge in [0.1, 0.15) is 0 Å². The van der Waals surface area contributed by atoms with Gasteiger partial charge >= 0.3 is 0 Å². The van der Waals surface area contributed by atoms with Crippen molar-refractivity contribution < 1.29 is 0 Å². The van der Waals surface area contributed by atoms with Crippen LogP contribution in [0.25, 0.3) is 5.57 Å². The quantitative estimate of drug-likeness (QED) is 0.762. The van der Waals surface area contributed by atoms with E-state index >= 15 is 0 Å². The van der Waals surface area contributed by atoms with Crippen LogP contribution >= 0.6 is 0 Å². The Morgan fingerprint density at radius 3 is 1.89 bits per heavy atom. The summed E-state index contributed by atoms with van der Waals surface area (Å²) < 4.78 is 0. The van der Waals surface area contributed by atoms with Crippen LogP contribution < -0.4 is 5.32 Å². The van der Waals surface area contributed by atoms with Gasteiger partial charge in [-0.15, -0.1) is 0 Å². The van der Waals surface area contributed by atoms with E-state index < -0.39 is 0 Å². The first-order chi connectivity index (χ1) is 9.42. The van der Waals surface area contributed by atoms with Gasteiger partial charge in [-0.2, -0.15) is 0 Å². The van der Waals surface area contributed by atoms with Crippen molar-refractivity contribution in [2.75, 3.05) is 13.1 Å². The number of hydrogen-bond acceptors (Lipinski definition) is 1. The SMILES string of the molecule is CCCNCC=C(c1ccccc1)c1ccccc1. The summed E-state index contributed by atoms with van der Waals surface area (Å²) in [5.74, 6) is 0. The topological polar surface area (TPSA) is 12.0 Å². The molecule has 0 spiro atoms. The number of benzene rings is 2. The van der Waals surface area contributed by atoms with Crippen molar-refractivity contribution >= 4 is 5.57 Å². The minimum Gasteiger partial charge on any atom is -0.313 e. The smallest absolute Gasteiger partial charge is 0.0144 e. The summed E-state index contributed by atoms with van der Waals surface area (Å²) in [7, 11) is 0. The Kier molecular flexibility index (Phi) is 5.39. The first-order valence-electron chi connectivity index (χ1n) is 6.93. The maximum absolute atomic E-state index is 3.43. The molecule has 0 saturated heterocycles. The molecule has 0 radical (unpaired) electrons. The molecule has 1 heteroatoms. The lowest BCUT2D eigenvalue weighted by Gasteiger charge is -2.09. The molecule has 0 atom stereocenters. The zero-order chi connectivity index (χ0) is 13.3. The second-order valence-corrected chi connectivity index (χ2v) is 4.55. The maximum atomic E-state index is 3.43. The van der Waals surface area contributed by atoms with Crippen molar-refractivity contribution in [2.45, 2.75) is 13.3 Å². The predicted molar refractivity (Wildman–Crippen MR) is 83.1 cm³/mol. The van der Waals surface area contributed by atoms with Gasteiger partial charge in [-0.1, -0.05) is 73.7 Å². The molecule has 2 aromatic rings. The Morgan fingerprint density at radius 2 is 1.42 bits per heavy atom. The predicted octanol–water partition coefficient (Wildman–Crippen LogP) is 4.12. The molecule has 1 N–H and O–H groups in total. The summed E-state index contributed by atoms with van der Waals surface area (Å²) in [6, 6.07) is 21.1. The van der Waals surface area contributed by atoms with E-state index in [1.54, 1.807) is 0 Å². The van der Waals surface area contributed by atoms with Gasteiger partial charge in [0.25, 0.3) is 0 Å². The van der Waals surface area contributed by atoms with E-state index in [1.165, 1.54) is 23.1 Å². The average molecular weight is 251 g/mol. The molecule has 0 fully saturated rings. The molecule has 0 aliphatic heterocycles. The zero-order valence-corrected chi connectivity index (χ0v) is 11.5.